The molecule has 0 heterocycles. The predicted molar refractivity (Wildman–Crippen MR) is 94.7 cm³/mol. The molecule has 0 amide bonds. The van der Waals surface area contributed by atoms with Crippen LogP contribution in [0.15, 0.2) is 64.8 Å². The molecule has 0 nitrogen and oxygen atoms in total. The second-order valence-electron chi connectivity index (χ2n) is 7.27. The van der Waals surface area contributed by atoms with Crippen LogP contribution < -0.4 is 10.4 Å². The number of allylic oxidation sites excluding steroid dienone is 8. The summed E-state index contributed by atoms with van der Waals surface area (Å²) >= 11 is 0. The van der Waals surface area contributed by atoms with Crippen LogP contribution in [0.5, 0.6) is 0 Å². The van der Waals surface area contributed by atoms with E-state index < -0.39 is 0 Å². The summed E-state index contributed by atoms with van der Waals surface area (Å²) in [6.45, 7) is 9.12. The van der Waals surface area contributed by atoms with Crippen LogP contribution in [0, 0.1) is 12.3 Å². The van der Waals surface area contributed by atoms with E-state index in [0.29, 0.717) is 0 Å². The van der Waals surface area contributed by atoms with Gasteiger partial charge in [-0.15, -0.1) is 0 Å². The first-order valence-electron chi connectivity index (χ1n) is 8.11. The summed E-state index contributed by atoms with van der Waals surface area (Å²) < 4.78 is 0. The first-order chi connectivity index (χ1) is 10.5. The minimum Gasteiger partial charge on any atom is -0.0801 e. The standard InChI is InChI=1S/C22H22/c1-14-9-10-18-17(11-14)12-19-20(18)15(2)13-22(3,4)21(19)16-7-5-6-8-16/h5-7,9-13H,8H2,1-4H3. The smallest absolute Gasteiger partial charge is 0.00902 e. The Morgan fingerprint density at radius 3 is 2.64 bits per heavy atom. The largest absolute Gasteiger partial charge is 0.0801 e. The molecule has 22 heavy (non-hydrogen) atoms. The molecule has 0 saturated heterocycles. The number of hydrogen-bond donors (Lipinski definition) is 0. The van der Waals surface area contributed by atoms with Crippen LogP contribution in [0.1, 0.15) is 32.8 Å². The highest BCUT2D eigenvalue weighted by Gasteiger charge is 2.33. The number of rotatable bonds is 1. The first-order valence-corrected chi connectivity index (χ1v) is 8.11. The van der Waals surface area contributed by atoms with Gasteiger partial charge in [0.05, 0.1) is 0 Å². The summed E-state index contributed by atoms with van der Waals surface area (Å²) in [4.78, 5) is 0. The zero-order valence-electron chi connectivity index (χ0n) is 13.8. The Morgan fingerprint density at radius 1 is 1.09 bits per heavy atom. The molecule has 4 rings (SSSR count). The van der Waals surface area contributed by atoms with E-state index in [4.69, 9.17) is 0 Å². The van der Waals surface area contributed by atoms with E-state index in [-0.39, 0.29) is 5.41 Å². The lowest BCUT2D eigenvalue weighted by Gasteiger charge is -2.34. The Hall–Kier alpha value is -2.08. The van der Waals surface area contributed by atoms with Gasteiger partial charge in [-0.3, -0.25) is 0 Å². The second kappa shape index (κ2) is 4.46. The van der Waals surface area contributed by atoms with Gasteiger partial charge in [0, 0.05) is 5.41 Å². The molecule has 1 aromatic carbocycles. The maximum absolute atomic E-state index is 2.45. The van der Waals surface area contributed by atoms with E-state index >= 15 is 0 Å². The number of hydrogen-bond acceptors (Lipinski definition) is 0. The molecular formula is C22H22. The van der Waals surface area contributed by atoms with Crippen LogP contribution in [0.25, 0.3) is 11.6 Å². The molecule has 0 saturated carbocycles. The van der Waals surface area contributed by atoms with Gasteiger partial charge in [0.15, 0.2) is 0 Å². The summed E-state index contributed by atoms with van der Waals surface area (Å²) in [7, 11) is 0. The third-order valence-corrected chi connectivity index (χ3v) is 5.02. The van der Waals surface area contributed by atoms with E-state index in [1.807, 2.05) is 0 Å². The van der Waals surface area contributed by atoms with E-state index in [0.717, 1.165) is 6.42 Å². The zero-order chi connectivity index (χ0) is 15.5. The molecule has 0 spiro atoms. The Morgan fingerprint density at radius 2 is 1.91 bits per heavy atom. The molecule has 0 heteroatoms. The van der Waals surface area contributed by atoms with Crippen LogP contribution in [-0.4, -0.2) is 0 Å². The van der Waals surface area contributed by atoms with Gasteiger partial charge in [0.2, 0.25) is 0 Å². The van der Waals surface area contributed by atoms with Crippen LogP contribution >= 0.6 is 0 Å². The Balaban J connectivity index is 2.09. The van der Waals surface area contributed by atoms with Gasteiger partial charge in [0.1, 0.15) is 0 Å². The lowest BCUT2D eigenvalue weighted by molar-refractivity contribution is 0.575. The molecule has 0 aromatic heterocycles. The van der Waals surface area contributed by atoms with Gasteiger partial charge < -0.3 is 0 Å². The molecule has 0 N–H and O–H groups in total. The molecule has 1 aromatic rings. The van der Waals surface area contributed by atoms with E-state index in [9.17, 15) is 0 Å². The van der Waals surface area contributed by atoms with Crippen molar-refractivity contribution in [2.75, 3.05) is 0 Å². The van der Waals surface area contributed by atoms with Crippen LogP contribution in [-0.2, 0) is 0 Å². The predicted octanol–water partition coefficient (Wildman–Crippen LogP) is 4.11. The highest BCUT2D eigenvalue weighted by Crippen LogP contribution is 2.47. The molecular weight excluding hydrogens is 264 g/mol. The van der Waals surface area contributed by atoms with Gasteiger partial charge in [0.25, 0.3) is 0 Å². The van der Waals surface area contributed by atoms with Crippen molar-refractivity contribution in [1.82, 2.24) is 0 Å². The minimum absolute atomic E-state index is 0.0916. The highest BCUT2D eigenvalue weighted by molar-refractivity contribution is 5.94. The summed E-state index contributed by atoms with van der Waals surface area (Å²) in [6.07, 6.45) is 12.7. The molecule has 0 unspecified atom stereocenters. The van der Waals surface area contributed by atoms with Crippen LogP contribution in [0.3, 0.4) is 0 Å². The second-order valence-corrected chi connectivity index (χ2v) is 7.27. The average molecular weight is 286 g/mol. The van der Waals surface area contributed by atoms with Crippen molar-refractivity contribution in [3.05, 3.63) is 80.8 Å². The van der Waals surface area contributed by atoms with Gasteiger partial charge >= 0.3 is 0 Å². The summed E-state index contributed by atoms with van der Waals surface area (Å²) in [6, 6.07) is 6.83. The van der Waals surface area contributed by atoms with Gasteiger partial charge in [-0.2, -0.15) is 0 Å². The maximum atomic E-state index is 2.45. The summed E-state index contributed by atoms with van der Waals surface area (Å²) in [5.41, 5.74) is 8.70. The number of aryl methyl sites for hydroxylation is 1. The van der Waals surface area contributed by atoms with Crippen molar-refractivity contribution < 1.29 is 0 Å². The van der Waals surface area contributed by atoms with Crippen LogP contribution in [0.2, 0.25) is 0 Å². The van der Waals surface area contributed by atoms with Crippen molar-refractivity contribution in [1.29, 1.82) is 0 Å². The van der Waals surface area contributed by atoms with Crippen molar-refractivity contribution in [3.8, 4) is 0 Å². The summed E-state index contributed by atoms with van der Waals surface area (Å²) in [5.74, 6) is 0. The molecule has 0 fully saturated rings. The molecule has 0 bridgehead atoms. The molecule has 3 aliphatic rings. The van der Waals surface area contributed by atoms with Crippen molar-refractivity contribution in [2.24, 2.45) is 5.41 Å². The van der Waals surface area contributed by atoms with E-state index in [1.54, 1.807) is 0 Å². The Labute approximate surface area is 132 Å². The maximum Gasteiger partial charge on any atom is 0.00902 e. The fourth-order valence-corrected chi connectivity index (χ4v) is 4.28. The Kier molecular flexibility index (Phi) is 2.75. The third kappa shape index (κ3) is 1.83. The highest BCUT2D eigenvalue weighted by atomic mass is 14.4. The summed E-state index contributed by atoms with van der Waals surface area (Å²) in [5, 5.41) is 2.77. The number of fused-ring (bicyclic) bond motifs is 2. The van der Waals surface area contributed by atoms with Crippen molar-refractivity contribution >= 4 is 11.6 Å². The SMILES string of the molecule is CC1=CC(C)(C)C(C2=CC=CC2)=C2C=c3cc(C)ccc3=C12. The zero-order valence-corrected chi connectivity index (χ0v) is 13.8. The molecule has 0 aliphatic heterocycles. The van der Waals surface area contributed by atoms with Gasteiger partial charge in [-0.25, -0.2) is 0 Å². The van der Waals surface area contributed by atoms with Crippen molar-refractivity contribution in [2.45, 2.75) is 34.1 Å². The molecule has 0 radical (unpaired) electrons. The average Bonchev–Trinajstić information content (AvgIpc) is 3.04. The molecule has 3 aliphatic carbocycles. The van der Waals surface area contributed by atoms with Crippen LogP contribution in [0.4, 0.5) is 0 Å². The normalized spacial score (nSPS) is 21.4. The quantitative estimate of drug-likeness (QED) is 0.729. The van der Waals surface area contributed by atoms with E-state index in [1.165, 1.54) is 43.9 Å². The monoisotopic (exact) mass is 286 g/mol. The van der Waals surface area contributed by atoms with Gasteiger partial charge in [-0.05, 0) is 64.6 Å². The van der Waals surface area contributed by atoms with Gasteiger partial charge in [-0.1, -0.05) is 61.9 Å². The Bertz CT molecular complexity index is 925. The molecule has 110 valence electrons. The number of benzene rings is 1. The lowest BCUT2D eigenvalue weighted by Crippen LogP contribution is -2.25. The van der Waals surface area contributed by atoms with Crippen molar-refractivity contribution in [3.63, 3.8) is 0 Å². The fourth-order valence-electron chi connectivity index (χ4n) is 4.28. The fraction of sp³-hybridized carbons (Fsp3) is 0.273. The van der Waals surface area contributed by atoms with E-state index in [2.05, 4.69) is 76.3 Å². The third-order valence-electron chi connectivity index (χ3n) is 5.02. The lowest BCUT2D eigenvalue weighted by atomic mass is 9.70. The topological polar surface area (TPSA) is 0 Å². The molecule has 0 atom stereocenters. The minimum atomic E-state index is 0.0916. The first kappa shape index (κ1) is 13.6.